The summed E-state index contributed by atoms with van der Waals surface area (Å²) >= 11 is 0. The van der Waals surface area contributed by atoms with Crippen molar-refractivity contribution in [2.75, 3.05) is 21.0 Å². The summed E-state index contributed by atoms with van der Waals surface area (Å²) in [5.41, 5.74) is 0. The molecule has 0 bridgehead atoms. The first-order valence-corrected chi connectivity index (χ1v) is 1.39. The van der Waals surface area contributed by atoms with Gasteiger partial charge in [0.05, 0.1) is 0 Å². The molecule has 34 valence electrons. The van der Waals surface area contributed by atoms with Crippen molar-refractivity contribution in [2.45, 2.75) is 0 Å². The zero-order chi connectivity index (χ0) is 4.12. The number of ether oxygens (including phenoxy) is 2. The van der Waals surface area contributed by atoms with Crippen molar-refractivity contribution in [3.05, 3.63) is 0 Å². The second-order valence-corrected chi connectivity index (χ2v) is 0.695. The van der Waals surface area contributed by atoms with E-state index in [1.54, 1.807) is 14.2 Å². The van der Waals surface area contributed by atoms with E-state index < -0.39 is 0 Å². The Kier molecular flexibility index (Phi) is 17.1. The van der Waals surface area contributed by atoms with Gasteiger partial charge in [-0.3, -0.25) is 0 Å². The second kappa shape index (κ2) is 9.75. The molecule has 0 aliphatic rings. The molecule has 0 aromatic carbocycles. The Morgan fingerprint density at radius 2 is 1.50 bits per heavy atom. The monoisotopic (exact) mass is 116 g/mol. The van der Waals surface area contributed by atoms with Gasteiger partial charge < -0.3 is 9.47 Å². The van der Waals surface area contributed by atoms with Gasteiger partial charge in [-0.2, -0.15) is 0 Å². The Hall–Kier alpha value is 1.56. The standard InChI is InChI=1S/C3H8O2.K.H/c1-4-3-5-2;;/h3H2,1-2H3;;. The average molecular weight is 116 g/mol. The molecule has 0 fully saturated rings. The first-order valence-electron chi connectivity index (χ1n) is 1.39. The summed E-state index contributed by atoms with van der Waals surface area (Å²) in [4.78, 5) is 0. The van der Waals surface area contributed by atoms with E-state index in [1.165, 1.54) is 0 Å². The van der Waals surface area contributed by atoms with Gasteiger partial charge in [0.2, 0.25) is 0 Å². The van der Waals surface area contributed by atoms with Crippen LogP contribution in [0.15, 0.2) is 0 Å². The van der Waals surface area contributed by atoms with Crippen LogP contribution in [0.3, 0.4) is 0 Å². The first-order chi connectivity index (χ1) is 2.41. The van der Waals surface area contributed by atoms with Crippen LogP contribution in [0, 0.1) is 0 Å². The van der Waals surface area contributed by atoms with Gasteiger partial charge in [0, 0.05) is 14.2 Å². The Balaban J connectivity index is 0. The Morgan fingerprint density at radius 1 is 1.17 bits per heavy atom. The zero-order valence-electron chi connectivity index (χ0n) is 3.52. The van der Waals surface area contributed by atoms with Crippen LogP contribution < -0.4 is 0 Å². The predicted octanol–water partition coefficient (Wildman–Crippen LogP) is -0.412. The Morgan fingerprint density at radius 3 is 1.50 bits per heavy atom. The van der Waals surface area contributed by atoms with Crippen molar-refractivity contribution < 1.29 is 9.47 Å². The molecule has 2 nitrogen and oxygen atoms in total. The van der Waals surface area contributed by atoms with Crippen LogP contribution in [-0.4, -0.2) is 72.4 Å². The molecule has 0 radical (unpaired) electrons. The van der Waals surface area contributed by atoms with Crippen molar-refractivity contribution in [1.82, 2.24) is 0 Å². The summed E-state index contributed by atoms with van der Waals surface area (Å²) in [7, 11) is 3.17. The number of methoxy groups -OCH3 is 2. The van der Waals surface area contributed by atoms with Gasteiger partial charge in [-0.05, 0) is 0 Å². The van der Waals surface area contributed by atoms with Crippen LogP contribution in [0.2, 0.25) is 0 Å². The fourth-order valence-corrected chi connectivity index (χ4v) is 0.118. The molecule has 0 aliphatic heterocycles. The van der Waals surface area contributed by atoms with Crippen LogP contribution in [0.1, 0.15) is 0 Å². The van der Waals surface area contributed by atoms with Gasteiger partial charge >= 0.3 is 51.4 Å². The molecular formula is C3H9KO2. The fraction of sp³-hybridized carbons (Fsp3) is 1.00. The van der Waals surface area contributed by atoms with E-state index in [9.17, 15) is 0 Å². The summed E-state index contributed by atoms with van der Waals surface area (Å²) in [6, 6.07) is 0. The molecule has 0 spiro atoms. The molecule has 0 atom stereocenters. The fourth-order valence-electron chi connectivity index (χ4n) is 0.118. The summed E-state index contributed by atoms with van der Waals surface area (Å²) in [6.45, 7) is 0.389. The van der Waals surface area contributed by atoms with Crippen molar-refractivity contribution in [3.8, 4) is 0 Å². The van der Waals surface area contributed by atoms with E-state index in [0.29, 0.717) is 6.79 Å². The normalized spacial score (nSPS) is 7.00. The molecule has 0 aliphatic carbocycles. The van der Waals surface area contributed by atoms with Crippen molar-refractivity contribution in [2.24, 2.45) is 0 Å². The minimum absolute atomic E-state index is 0. The van der Waals surface area contributed by atoms with Gasteiger partial charge in [-0.25, -0.2) is 0 Å². The molecular weight excluding hydrogens is 107 g/mol. The molecule has 0 heterocycles. The number of rotatable bonds is 2. The first kappa shape index (κ1) is 10.5. The van der Waals surface area contributed by atoms with E-state index in [-0.39, 0.29) is 51.4 Å². The van der Waals surface area contributed by atoms with Gasteiger partial charge in [0.1, 0.15) is 6.79 Å². The third-order valence-electron chi connectivity index (χ3n) is 0.236. The third kappa shape index (κ3) is 9.12. The molecule has 0 N–H and O–H groups in total. The van der Waals surface area contributed by atoms with Crippen LogP contribution in [0.4, 0.5) is 0 Å². The van der Waals surface area contributed by atoms with Crippen molar-refractivity contribution in [3.63, 3.8) is 0 Å². The SMILES string of the molecule is COCOC.[KH]. The van der Waals surface area contributed by atoms with Gasteiger partial charge in [0.25, 0.3) is 0 Å². The minimum atomic E-state index is 0. The molecule has 0 saturated heterocycles. The van der Waals surface area contributed by atoms with Crippen LogP contribution in [0.25, 0.3) is 0 Å². The molecule has 0 saturated carbocycles. The number of hydrogen-bond donors (Lipinski definition) is 0. The quantitative estimate of drug-likeness (QED) is 0.360. The number of hydrogen-bond acceptors (Lipinski definition) is 2. The average Bonchev–Trinajstić information content (AvgIpc) is 1.41. The maximum atomic E-state index is 4.47. The summed E-state index contributed by atoms with van der Waals surface area (Å²) in [6.07, 6.45) is 0. The van der Waals surface area contributed by atoms with E-state index >= 15 is 0 Å². The van der Waals surface area contributed by atoms with E-state index in [2.05, 4.69) is 9.47 Å². The Bertz CT molecular complexity index is 16.3. The van der Waals surface area contributed by atoms with E-state index in [4.69, 9.17) is 0 Å². The molecule has 0 unspecified atom stereocenters. The summed E-state index contributed by atoms with van der Waals surface area (Å²) in [5, 5.41) is 0. The van der Waals surface area contributed by atoms with E-state index in [0.717, 1.165) is 0 Å². The second-order valence-electron chi connectivity index (χ2n) is 0.695. The van der Waals surface area contributed by atoms with Crippen molar-refractivity contribution in [1.29, 1.82) is 0 Å². The van der Waals surface area contributed by atoms with Gasteiger partial charge in [-0.15, -0.1) is 0 Å². The molecule has 0 amide bonds. The molecule has 0 rings (SSSR count). The summed E-state index contributed by atoms with van der Waals surface area (Å²) in [5.74, 6) is 0. The molecule has 0 aromatic heterocycles. The topological polar surface area (TPSA) is 18.5 Å². The third-order valence-corrected chi connectivity index (χ3v) is 0.236. The molecule has 0 aromatic rings. The van der Waals surface area contributed by atoms with E-state index in [1.807, 2.05) is 0 Å². The van der Waals surface area contributed by atoms with Crippen LogP contribution >= 0.6 is 0 Å². The van der Waals surface area contributed by atoms with Crippen LogP contribution in [-0.2, 0) is 9.47 Å². The molecule has 3 heteroatoms. The van der Waals surface area contributed by atoms with Gasteiger partial charge in [0.15, 0.2) is 0 Å². The van der Waals surface area contributed by atoms with Crippen molar-refractivity contribution >= 4 is 51.4 Å². The Labute approximate surface area is 80.6 Å². The maximum absolute atomic E-state index is 4.47. The summed E-state index contributed by atoms with van der Waals surface area (Å²) < 4.78 is 8.94. The predicted molar refractivity (Wildman–Crippen MR) is 26.0 cm³/mol. The zero-order valence-corrected chi connectivity index (χ0v) is 3.52. The van der Waals surface area contributed by atoms with Crippen LogP contribution in [0.5, 0.6) is 0 Å². The van der Waals surface area contributed by atoms with Gasteiger partial charge in [-0.1, -0.05) is 0 Å². The molecule has 6 heavy (non-hydrogen) atoms.